The molecular formula is C53H37NOS. The fraction of sp³-hybridized carbons (Fsp3) is 0.0943. The van der Waals surface area contributed by atoms with Gasteiger partial charge in [0.1, 0.15) is 11.2 Å². The average molecular weight is 736 g/mol. The monoisotopic (exact) mass is 735 g/mol. The van der Waals surface area contributed by atoms with Crippen molar-refractivity contribution in [3.63, 3.8) is 0 Å². The number of hydrogen-bond acceptors (Lipinski definition) is 3. The molecule has 12 rings (SSSR count). The number of fused-ring (bicyclic) bond motifs is 12. The molecular weight excluding hydrogens is 699 g/mol. The fourth-order valence-electron chi connectivity index (χ4n) is 10.3. The van der Waals surface area contributed by atoms with Gasteiger partial charge in [0.25, 0.3) is 0 Å². The van der Waals surface area contributed by atoms with Crippen LogP contribution < -0.4 is 4.90 Å². The summed E-state index contributed by atoms with van der Waals surface area (Å²) in [6.45, 7) is 7.12. The lowest BCUT2D eigenvalue weighted by Crippen LogP contribution is -2.23. The molecule has 0 fully saturated rings. The largest absolute Gasteiger partial charge is 0.456 e. The number of thiophene rings is 1. The molecule has 2 aliphatic rings. The minimum Gasteiger partial charge on any atom is -0.456 e. The van der Waals surface area contributed by atoms with Crippen molar-refractivity contribution in [2.45, 2.75) is 31.6 Å². The lowest BCUT2D eigenvalue weighted by atomic mass is 9.73. The molecule has 0 aliphatic heterocycles. The maximum atomic E-state index is 7.11. The van der Waals surface area contributed by atoms with Crippen LogP contribution >= 0.6 is 11.3 Å². The van der Waals surface area contributed by atoms with E-state index in [1.807, 2.05) is 11.3 Å². The minimum absolute atomic E-state index is 0.142. The Hall–Kier alpha value is -6.42. The van der Waals surface area contributed by atoms with Crippen molar-refractivity contribution in [3.8, 4) is 22.3 Å². The second-order valence-electron chi connectivity index (χ2n) is 16.1. The van der Waals surface area contributed by atoms with Gasteiger partial charge in [0.15, 0.2) is 0 Å². The molecule has 0 atom stereocenters. The first kappa shape index (κ1) is 31.9. The van der Waals surface area contributed by atoms with E-state index in [2.05, 4.69) is 196 Å². The van der Waals surface area contributed by atoms with Crippen LogP contribution in [0.15, 0.2) is 174 Å². The smallest absolute Gasteiger partial charge is 0.141 e. The van der Waals surface area contributed by atoms with Crippen LogP contribution in [0.3, 0.4) is 0 Å². The van der Waals surface area contributed by atoms with Gasteiger partial charge in [-0.25, -0.2) is 0 Å². The number of nitrogens with zero attached hydrogens (tertiary/aromatic N) is 1. The fourth-order valence-corrected chi connectivity index (χ4v) is 11.5. The Morgan fingerprint density at radius 1 is 0.464 bits per heavy atom. The van der Waals surface area contributed by atoms with E-state index < -0.39 is 5.41 Å². The van der Waals surface area contributed by atoms with Crippen LogP contribution in [0.2, 0.25) is 0 Å². The first-order chi connectivity index (χ1) is 27.4. The molecule has 0 unspecified atom stereocenters. The quantitative estimate of drug-likeness (QED) is 0.179. The average Bonchev–Trinajstić information content (AvgIpc) is 3.95. The third kappa shape index (κ3) is 4.11. The highest BCUT2D eigenvalue weighted by Crippen LogP contribution is 2.57. The third-order valence-electron chi connectivity index (χ3n) is 13.0. The highest BCUT2D eigenvalue weighted by Gasteiger charge is 2.43. The normalized spacial score (nSPS) is 14.6. The summed E-state index contributed by atoms with van der Waals surface area (Å²) < 4.78 is 9.68. The molecule has 0 amide bonds. The Balaban J connectivity index is 1.18. The summed E-state index contributed by atoms with van der Waals surface area (Å²) >= 11 is 1.87. The van der Waals surface area contributed by atoms with Crippen LogP contribution in [-0.2, 0) is 10.8 Å². The van der Waals surface area contributed by atoms with Gasteiger partial charge in [0, 0.05) is 42.9 Å². The molecule has 0 N–H and O–H groups in total. The Labute approximate surface area is 329 Å². The zero-order valence-electron chi connectivity index (χ0n) is 31.4. The Kier molecular flexibility index (Phi) is 6.44. The van der Waals surface area contributed by atoms with Gasteiger partial charge in [-0.1, -0.05) is 147 Å². The maximum absolute atomic E-state index is 7.11. The van der Waals surface area contributed by atoms with Crippen LogP contribution in [0.25, 0.3) is 64.4 Å². The van der Waals surface area contributed by atoms with Crippen molar-refractivity contribution in [1.82, 2.24) is 0 Å². The summed E-state index contributed by atoms with van der Waals surface area (Å²) in [7, 11) is 0. The van der Waals surface area contributed by atoms with E-state index in [0.717, 1.165) is 33.3 Å². The van der Waals surface area contributed by atoms with Crippen molar-refractivity contribution < 1.29 is 4.42 Å². The summed E-state index contributed by atoms with van der Waals surface area (Å²) in [6.07, 6.45) is 0. The number of rotatable bonds is 4. The highest BCUT2D eigenvalue weighted by atomic mass is 32.1. The van der Waals surface area contributed by atoms with E-state index in [-0.39, 0.29) is 5.41 Å². The second kappa shape index (κ2) is 11.3. The van der Waals surface area contributed by atoms with Crippen molar-refractivity contribution in [2.24, 2.45) is 0 Å². The second-order valence-corrected chi connectivity index (χ2v) is 17.2. The van der Waals surface area contributed by atoms with Crippen LogP contribution in [0, 0.1) is 0 Å². The minimum atomic E-state index is -0.419. The molecule has 2 heterocycles. The molecule has 266 valence electrons. The van der Waals surface area contributed by atoms with Crippen molar-refractivity contribution >= 4 is 70.5 Å². The van der Waals surface area contributed by atoms with E-state index in [4.69, 9.17) is 4.42 Å². The van der Waals surface area contributed by atoms with Gasteiger partial charge in [0.05, 0.1) is 21.5 Å². The van der Waals surface area contributed by atoms with Crippen LogP contribution in [0.5, 0.6) is 0 Å². The Bertz CT molecular complexity index is 3220. The topological polar surface area (TPSA) is 16.4 Å². The standard InChI is InChI=1S/C53H37NOS/c1-52(2)40-21-9-4-15-33(40)36-28-27-32(31-44(36)52)54(46-24-14-20-38-37-18-8-13-26-48(37)56-51(38)46)45-30-29-43(50-49(45)39-19-7-12-25-47(39)55-50)53(3)41-22-10-5-16-34(41)35-17-6-11-23-42(35)53/h4-31H,1-3H3. The zero-order chi connectivity index (χ0) is 37.3. The molecule has 10 aromatic rings. The van der Waals surface area contributed by atoms with Gasteiger partial charge >= 0.3 is 0 Å². The summed E-state index contributed by atoms with van der Waals surface area (Å²) in [6, 6.07) is 62.7. The predicted octanol–water partition coefficient (Wildman–Crippen LogP) is 15.1. The van der Waals surface area contributed by atoms with Gasteiger partial charge in [0.2, 0.25) is 0 Å². The molecule has 3 heteroatoms. The predicted molar refractivity (Wildman–Crippen MR) is 236 cm³/mol. The number of para-hydroxylation sites is 1. The van der Waals surface area contributed by atoms with Crippen molar-refractivity contribution in [3.05, 3.63) is 198 Å². The van der Waals surface area contributed by atoms with E-state index in [1.54, 1.807) is 0 Å². The van der Waals surface area contributed by atoms with Crippen LogP contribution in [0.4, 0.5) is 17.1 Å². The molecule has 56 heavy (non-hydrogen) atoms. The number of anilines is 3. The van der Waals surface area contributed by atoms with E-state index in [9.17, 15) is 0 Å². The molecule has 2 aromatic heterocycles. The van der Waals surface area contributed by atoms with Crippen molar-refractivity contribution in [2.75, 3.05) is 4.90 Å². The Morgan fingerprint density at radius 3 is 1.84 bits per heavy atom. The molecule has 0 saturated carbocycles. The number of benzene rings is 8. The first-order valence-corrected chi connectivity index (χ1v) is 20.3. The van der Waals surface area contributed by atoms with Crippen molar-refractivity contribution in [1.29, 1.82) is 0 Å². The van der Waals surface area contributed by atoms with Gasteiger partial charge in [-0.3, -0.25) is 0 Å². The van der Waals surface area contributed by atoms with Gasteiger partial charge in [-0.2, -0.15) is 0 Å². The molecule has 8 aromatic carbocycles. The molecule has 0 spiro atoms. The molecule has 2 aliphatic carbocycles. The molecule has 0 saturated heterocycles. The molecule has 0 radical (unpaired) electrons. The summed E-state index contributed by atoms with van der Waals surface area (Å²) in [5.41, 5.74) is 16.4. The van der Waals surface area contributed by atoms with Gasteiger partial charge in [-0.05, 0) is 87.8 Å². The molecule has 2 nitrogen and oxygen atoms in total. The van der Waals surface area contributed by atoms with Crippen LogP contribution in [0.1, 0.15) is 48.6 Å². The van der Waals surface area contributed by atoms with E-state index in [0.29, 0.717) is 0 Å². The Morgan fingerprint density at radius 2 is 1.07 bits per heavy atom. The maximum Gasteiger partial charge on any atom is 0.141 e. The highest BCUT2D eigenvalue weighted by molar-refractivity contribution is 7.26. The van der Waals surface area contributed by atoms with E-state index in [1.165, 1.54) is 75.9 Å². The number of furan rings is 1. The summed E-state index contributed by atoms with van der Waals surface area (Å²) in [5, 5.41) is 4.81. The lowest BCUT2D eigenvalue weighted by molar-refractivity contribution is 0.638. The first-order valence-electron chi connectivity index (χ1n) is 19.5. The van der Waals surface area contributed by atoms with Gasteiger partial charge in [-0.15, -0.1) is 11.3 Å². The van der Waals surface area contributed by atoms with Crippen LogP contribution in [-0.4, -0.2) is 0 Å². The van der Waals surface area contributed by atoms with Gasteiger partial charge < -0.3 is 9.32 Å². The van der Waals surface area contributed by atoms with E-state index >= 15 is 0 Å². The lowest BCUT2D eigenvalue weighted by Gasteiger charge is -2.31. The summed E-state index contributed by atoms with van der Waals surface area (Å²) in [4.78, 5) is 2.52. The SMILES string of the molecule is CC1(C)c2ccccc2-c2ccc(N(c3cccc4c3sc3ccccc34)c3ccc(C4(C)c5ccccc5-c5ccccc54)c4oc5ccccc5c34)cc21. The number of hydrogen-bond donors (Lipinski definition) is 0. The molecule has 0 bridgehead atoms. The summed E-state index contributed by atoms with van der Waals surface area (Å²) in [5.74, 6) is 0. The third-order valence-corrected chi connectivity index (χ3v) is 14.2. The zero-order valence-corrected chi connectivity index (χ0v) is 32.2.